The van der Waals surface area contributed by atoms with Gasteiger partial charge in [0.15, 0.2) is 0 Å². The van der Waals surface area contributed by atoms with Crippen LogP contribution < -0.4 is 10.2 Å². The Kier molecular flexibility index (Phi) is 7.43. The summed E-state index contributed by atoms with van der Waals surface area (Å²) in [6, 6.07) is 0. The number of aromatic nitrogens is 2. The van der Waals surface area contributed by atoms with Crippen molar-refractivity contribution in [2.24, 2.45) is 5.92 Å². The summed E-state index contributed by atoms with van der Waals surface area (Å²) in [5.74, 6) is 2.46. The van der Waals surface area contributed by atoms with E-state index in [1.54, 1.807) is 18.4 Å². The van der Waals surface area contributed by atoms with Crippen LogP contribution in [0.15, 0.2) is 0 Å². The Morgan fingerprint density at radius 1 is 1.31 bits per heavy atom. The van der Waals surface area contributed by atoms with Crippen molar-refractivity contribution in [3.63, 3.8) is 0 Å². The lowest BCUT2D eigenvalue weighted by Crippen LogP contribution is -2.37. The highest BCUT2D eigenvalue weighted by atomic mass is 32.1. The van der Waals surface area contributed by atoms with E-state index in [1.165, 1.54) is 23.3 Å². The molecule has 1 aliphatic heterocycles. The van der Waals surface area contributed by atoms with Crippen LogP contribution in [-0.2, 0) is 16.1 Å². The average molecular weight is 420 g/mol. The molecule has 2 aromatic rings. The van der Waals surface area contributed by atoms with Gasteiger partial charge in [-0.1, -0.05) is 6.92 Å². The number of hydrogen-bond acceptors (Lipinski definition) is 7. The second-order valence-electron chi connectivity index (χ2n) is 8.08. The fourth-order valence-electron chi connectivity index (χ4n) is 3.68. The first-order valence-electron chi connectivity index (χ1n) is 10.3. The number of anilines is 1. The zero-order chi connectivity index (χ0) is 21.0. The van der Waals surface area contributed by atoms with Gasteiger partial charge in [-0.15, -0.1) is 11.3 Å². The summed E-state index contributed by atoms with van der Waals surface area (Å²) in [5.41, 5.74) is 1.20. The number of amides is 1. The van der Waals surface area contributed by atoms with Gasteiger partial charge in [-0.05, 0) is 51.3 Å². The lowest BCUT2D eigenvalue weighted by Gasteiger charge is -2.29. The molecule has 2 aromatic heterocycles. The SMILES string of the molecule is COCCNC(=O)CN(C)c1nc(CN2CCC(C)CC2)nc2sc(C)c(C)c12. The first kappa shape index (κ1) is 21.9. The fourth-order valence-corrected chi connectivity index (χ4v) is 4.72. The number of aryl methyl sites for hydroxylation is 2. The largest absolute Gasteiger partial charge is 0.383 e. The lowest BCUT2D eigenvalue weighted by molar-refractivity contribution is -0.119. The molecule has 0 radical (unpaired) electrons. The third-order valence-electron chi connectivity index (χ3n) is 5.67. The number of carbonyl (C=O) groups excluding carboxylic acids is 1. The van der Waals surface area contributed by atoms with Crippen molar-refractivity contribution < 1.29 is 9.53 Å². The van der Waals surface area contributed by atoms with E-state index in [-0.39, 0.29) is 12.5 Å². The number of methoxy groups -OCH3 is 1. The van der Waals surface area contributed by atoms with Crippen molar-refractivity contribution in [1.82, 2.24) is 20.2 Å². The third-order valence-corrected chi connectivity index (χ3v) is 6.77. The summed E-state index contributed by atoms with van der Waals surface area (Å²) in [6.45, 7) is 10.8. The molecule has 3 heterocycles. The zero-order valence-electron chi connectivity index (χ0n) is 18.2. The summed E-state index contributed by atoms with van der Waals surface area (Å²) in [7, 11) is 3.55. The Bertz CT molecular complexity index is 845. The van der Waals surface area contributed by atoms with Crippen LogP contribution >= 0.6 is 11.3 Å². The van der Waals surface area contributed by atoms with E-state index in [4.69, 9.17) is 14.7 Å². The topological polar surface area (TPSA) is 70.6 Å². The molecule has 29 heavy (non-hydrogen) atoms. The molecule has 160 valence electrons. The Morgan fingerprint density at radius 2 is 2.03 bits per heavy atom. The smallest absolute Gasteiger partial charge is 0.239 e. The predicted octanol–water partition coefficient (Wildman–Crippen LogP) is 2.74. The third kappa shape index (κ3) is 5.43. The molecule has 1 N–H and O–H groups in total. The number of piperidine rings is 1. The molecule has 1 amide bonds. The molecule has 3 rings (SSSR count). The van der Waals surface area contributed by atoms with Gasteiger partial charge in [-0.25, -0.2) is 9.97 Å². The number of nitrogens with one attached hydrogen (secondary N) is 1. The number of thiophene rings is 1. The Morgan fingerprint density at radius 3 is 2.72 bits per heavy atom. The number of hydrogen-bond donors (Lipinski definition) is 1. The minimum absolute atomic E-state index is 0.0347. The van der Waals surface area contributed by atoms with Crippen LogP contribution in [0.25, 0.3) is 10.2 Å². The summed E-state index contributed by atoms with van der Waals surface area (Å²) >= 11 is 1.71. The van der Waals surface area contributed by atoms with E-state index in [9.17, 15) is 4.79 Å². The molecule has 1 fully saturated rings. The van der Waals surface area contributed by atoms with Gasteiger partial charge in [-0.3, -0.25) is 9.69 Å². The van der Waals surface area contributed by atoms with Crippen LogP contribution in [0, 0.1) is 19.8 Å². The van der Waals surface area contributed by atoms with Crippen LogP contribution in [0.3, 0.4) is 0 Å². The van der Waals surface area contributed by atoms with Crippen molar-refractivity contribution in [2.45, 2.75) is 40.2 Å². The van der Waals surface area contributed by atoms with Gasteiger partial charge in [0.05, 0.1) is 25.1 Å². The maximum Gasteiger partial charge on any atom is 0.239 e. The average Bonchev–Trinajstić information content (AvgIpc) is 2.97. The second-order valence-corrected chi connectivity index (χ2v) is 9.29. The molecule has 0 atom stereocenters. The van der Waals surface area contributed by atoms with Crippen molar-refractivity contribution >= 4 is 33.3 Å². The summed E-state index contributed by atoms with van der Waals surface area (Å²) in [6.07, 6.45) is 2.46. The van der Waals surface area contributed by atoms with Crippen LogP contribution in [0.2, 0.25) is 0 Å². The van der Waals surface area contributed by atoms with Crippen molar-refractivity contribution in [3.05, 3.63) is 16.3 Å². The van der Waals surface area contributed by atoms with E-state index in [0.29, 0.717) is 13.2 Å². The fraction of sp³-hybridized carbons (Fsp3) is 0.667. The normalized spacial score (nSPS) is 15.8. The van der Waals surface area contributed by atoms with Crippen molar-refractivity contribution in [2.75, 3.05) is 51.8 Å². The molecule has 8 heteroatoms. The number of likely N-dealkylation sites (tertiary alicyclic amines) is 1. The highest BCUT2D eigenvalue weighted by Gasteiger charge is 2.21. The van der Waals surface area contributed by atoms with E-state index in [0.717, 1.165) is 47.4 Å². The minimum atomic E-state index is -0.0347. The summed E-state index contributed by atoms with van der Waals surface area (Å²) in [4.78, 5) is 28.7. The molecule has 0 unspecified atom stereocenters. The summed E-state index contributed by atoms with van der Waals surface area (Å²) < 4.78 is 5.00. The maximum absolute atomic E-state index is 12.3. The monoisotopic (exact) mass is 419 g/mol. The van der Waals surface area contributed by atoms with E-state index >= 15 is 0 Å². The van der Waals surface area contributed by atoms with Gasteiger partial charge in [0.2, 0.25) is 5.91 Å². The van der Waals surface area contributed by atoms with E-state index in [2.05, 4.69) is 31.0 Å². The molecule has 7 nitrogen and oxygen atoms in total. The Labute approximate surface area is 177 Å². The van der Waals surface area contributed by atoms with Gasteiger partial charge in [0.1, 0.15) is 16.5 Å². The molecule has 0 spiro atoms. The Hall–Kier alpha value is -1.77. The zero-order valence-corrected chi connectivity index (χ0v) is 19.1. The van der Waals surface area contributed by atoms with Crippen LogP contribution in [0.4, 0.5) is 5.82 Å². The molecule has 0 aliphatic carbocycles. The number of rotatable bonds is 8. The maximum atomic E-state index is 12.3. The molecular formula is C21H33N5O2S. The molecule has 1 saturated heterocycles. The van der Waals surface area contributed by atoms with Crippen LogP contribution in [-0.4, -0.2) is 67.7 Å². The number of ether oxygens (including phenoxy) is 1. The van der Waals surface area contributed by atoms with E-state index < -0.39 is 0 Å². The first-order valence-corrected chi connectivity index (χ1v) is 11.2. The first-order chi connectivity index (χ1) is 13.9. The number of fused-ring (bicyclic) bond motifs is 1. The standard InChI is InChI=1S/C21H33N5O2S/c1-14-6-9-26(10-7-14)12-17-23-20(19-15(2)16(3)29-21(19)24-17)25(4)13-18(27)22-8-11-28-5/h14H,6-13H2,1-5H3,(H,22,27). The molecular weight excluding hydrogens is 386 g/mol. The van der Waals surface area contributed by atoms with Crippen LogP contribution in [0.1, 0.15) is 36.0 Å². The van der Waals surface area contributed by atoms with Crippen LogP contribution in [0.5, 0.6) is 0 Å². The van der Waals surface area contributed by atoms with Gasteiger partial charge in [-0.2, -0.15) is 0 Å². The van der Waals surface area contributed by atoms with Crippen molar-refractivity contribution in [3.8, 4) is 0 Å². The number of nitrogens with zero attached hydrogens (tertiary/aromatic N) is 4. The van der Waals surface area contributed by atoms with Gasteiger partial charge in [0, 0.05) is 25.6 Å². The van der Waals surface area contributed by atoms with Gasteiger partial charge >= 0.3 is 0 Å². The molecule has 0 bridgehead atoms. The molecule has 1 aliphatic rings. The van der Waals surface area contributed by atoms with Crippen molar-refractivity contribution in [1.29, 1.82) is 0 Å². The van der Waals surface area contributed by atoms with Gasteiger partial charge < -0.3 is 15.0 Å². The predicted molar refractivity (Wildman–Crippen MR) is 119 cm³/mol. The highest BCUT2D eigenvalue weighted by Crippen LogP contribution is 2.35. The highest BCUT2D eigenvalue weighted by molar-refractivity contribution is 7.18. The second kappa shape index (κ2) is 9.82. The van der Waals surface area contributed by atoms with E-state index in [1.807, 2.05) is 11.9 Å². The minimum Gasteiger partial charge on any atom is -0.383 e. The summed E-state index contributed by atoms with van der Waals surface area (Å²) in [5, 5.41) is 3.95. The number of carbonyl (C=O) groups is 1. The quantitative estimate of drug-likeness (QED) is 0.664. The molecule has 0 aromatic carbocycles. The number of likely N-dealkylation sites (N-methyl/N-ethyl adjacent to an activating group) is 1. The lowest BCUT2D eigenvalue weighted by atomic mass is 9.99. The van der Waals surface area contributed by atoms with Gasteiger partial charge in [0.25, 0.3) is 0 Å². The Balaban J connectivity index is 1.82. The molecule has 0 saturated carbocycles.